The van der Waals surface area contributed by atoms with Gasteiger partial charge >= 0.3 is 5.97 Å². The Kier molecular flexibility index (Phi) is 7.96. The second kappa shape index (κ2) is 9.23. The molecule has 0 heterocycles. The van der Waals surface area contributed by atoms with Gasteiger partial charge in [0.15, 0.2) is 13.9 Å². The number of esters is 1. The number of fused-ring (bicyclic) bond motifs is 1. The summed E-state index contributed by atoms with van der Waals surface area (Å²) in [5.41, 5.74) is -1.09. The van der Waals surface area contributed by atoms with Gasteiger partial charge in [-0.3, -0.25) is 0 Å². The molecular weight excluding hydrogens is 392 g/mol. The SMILES string of the molecule is CCC(O)(CC)C(=O)OC[C@@H](C)[C@H]1CC[C@H]2C(O[Si](C)(C)C(C)(C)C)CCC[C@]12C. The molecule has 2 aliphatic carbocycles. The van der Waals surface area contributed by atoms with Crippen LogP contribution < -0.4 is 0 Å². The normalized spacial score (nSPS) is 31.3. The van der Waals surface area contributed by atoms with Gasteiger partial charge in [0.25, 0.3) is 0 Å². The smallest absolute Gasteiger partial charge is 0.338 e. The molecule has 30 heavy (non-hydrogen) atoms. The van der Waals surface area contributed by atoms with Crippen LogP contribution in [-0.2, 0) is 14.0 Å². The number of aliphatic hydroxyl groups is 1. The molecule has 0 radical (unpaired) electrons. The Bertz CT molecular complexity index is 592. The first-order chi connectivity index (χ1) is 13.7. The maximum Gasteiger partial charge on any atom is 0.338 e. The van der Waals surface area contributed by atoms with Crippen LogP contribution in [0.5, 0.6) is 0 Å². The van der Waals surface area contributed by atoms with Crippen molar-refractivity contribution in [2.75, 3.05) is 6.61 Å². The standard InChI is InChI=1S/C25H48O4Si/c1-10-25(27,11-2)22(26)28-17-18(3)19-14-15-20-21(13-12-16-24(19,20)7)29-30(8,9)23(4,5)6/h18-21,27H,10-17H2,1-9H3/t18-,19-,20+,21?,24-/m1/s1. The van der Waals surface area contributed by atoms with Crippen LogP contribution in [0.4, 0.5) is 0 Å². The van der Waals surface area contributed by atoms with Gasteiger partial charge in [0, 0.05) is 6.10 Å². The Morgan fingerprint density at radius 3 is 2.30 bits per heavy atom. The van der Waals surface area contributed by atoms with Crippen molar-refractivity contribution < 1.29 is 19.1 Å². The summed E-state index contributed by atoms with van der Waals surface area (Å²) in [5, 5.41) is 10.7. The Hall–Kier alpha value is -0.393. The summed E-state index contributed by atoms with van der Waals surface area (Å²) >= 11 is 0. The Labute approximate surface area is 186 Å². The van der Waals surface area contributed by atoms with E-state index in [4.69, 9.17) is 9.16 Å². The zero-order chi connectivity index (χ0) is 23.0. The zero-order valence-corrected chi connectivity index (χ0v) is 22.1. The molecule has 2 fully saturated rings. The fourth-order valence-corrected chi connectivity index (χ4v) is 7.18. The van der Waals surface area contributed by atoms with Gasteiger partial charge in [-0.2, -0.15) is 0 Å². The average molecular weight is 441 g/mol. The molecule has 0 aromatic heterocycles. The molecule has 0 saturated heterocycles. The van der Waals surface area contributed by atoms with Crippen LogP contribution >= 0.6 is 0 Å². The fraction of sp³-hybridized carbons (Fsp3) is 0.960. The molecule has 1 N–H and O–H groups in total. The molecule has 2 rings (SSSR count). The first-order valence-corrected chi connectivity index (χ1v) is 15.2. The van der Waals surface area contributed by atoms with Crippen molar-refractivity contribution in [1.29, 1.82) is 0 Å². The van der Waals surface area contributed by atoms with E-state index in [-0.39, 0.29) is 10.5 Å². The topological polar surface area (TPSA) is 55.8 Å². The van der Waals surface area contributed by atoms with Crippen LogP contribution in [-0.4, -0.2) is 37.7 Å². The first-order valence-electron chi connectivity index (χ1n) is 12.3. The Balaban J connectivity index is 2.06. The van der Waals surface area contributed by atoms with Gasteiger partial charge < -0.3 is 14.3 Å². The second-order valence-electron chi connectivity index (χ2n) is 11.9. The van der Waals surface area contributed by atoms with Crippen molar-refractivity contribution in [3.05, 3.63) is 0 Å². The highest BCUT2D eigenvalue weighted by molar-refractivity contribution is 6.74. The van der Waals surface area contributed by atoms with E-state index in [9.17, 15) is 9.90 Å². The summed E-state index contributed by atoms with van der Waals surface area (Å²) in [6.07, 6.45) is 7.21. The van der Waals surface area contributed by atoms with Gasteiger partial charge in [0.05, 0.1) is 6.61 Å². The van der Waals surface area contributed by atoms with Gasteiger partial charge in [-0.15, -0.1) is 0 Å². The molecule has 4 nitrogen and oxygen atoms in total. The predicted molar refractivity (Wildman–Crippen MR) is 126 cm³/mol. The highest BCUT2D eigenvalue weighted by Gasteiger charge is 2.54. The Morgan fingerprint density at radius 1 is 1.17 bits per heavy atom. The van der Waals surface area contributed by atoms with E-state index in [1.54, 1.807) is 0 Å². The molecule has 2 aliphatic rings. The van der Waals surface area contributed by atoms with Crippen LogP contribution in [0.3, 0.4) is 0 Å². The number of carbonyl (C=O) groups is 1. The van der Waals surface area contributed by atoms with E-state index >= 15 is 0 Å². The minimum absolute atomic E-state index is 0.232. The molecule has 0 aromatic rings. The molecule has 2 saturated carbocycles. The largest absolute Gasteiger partial charge is 0.463 e. The van der Waals surface area contributed by atoms with E-state index in [2.05, 4.69) is 47.7 Å². The number of hydrogen-bond donors (Lipinski definition) is 1. The number of ether oxygens (including phenoxy) is 1. The van der Waals surface area contributed by atoms with Crippen LogP contribution in [0.1, 0.15) is 93.4 Å². The molecule has 0 aliphatic heterocycles. The van der Waals surface area contributed by atoms with E-state index in [0.717, 1.165) is 0 Å². The highest BCUT2D eigenvalue weighted by Crippen LogP contribution is 2.59. The van der Waals surface area contributed by atoms with Crippen molar-refractivity contribution in [2.24, 2.45) is 23.2 Å². The predicted octanol–water partition coefficient (Wildman–Crippen LogP) is 6.32. The molecule has 5 heteroatoms. The summed E-state index contributed by atoms with van der Waals surface area (Å²) in [4.78, 5) is 12.4. The third-order valence-corrected chi connectivity index (χ3v) is 13.6. The van der Waals surface area contributed by atoms with E-state index in [0.29, 0.717) is 43.3 Å². The average Bonchev–Trinajstić information content (AvgIpc) is 3.02. The minimum atomic E-state index is -1.79. The molecule has 0 aromatic carbocycles. The fourth-order valence-electron chi connectivity index (χ4n) is 5.79. The highest BCUT2D eigenvalue weighted by atomic mass is 28.4. The van der Waals surface area contributed by atoms with Gasteiger partial charge in [-0.25, -0.2) is 4.79 Å². The molecule has 5 atom stereocenters. The maximum atomic E-state index is 12.4. The molecular formula is C25H48O4Si. The number of rotatable bonds is 8. The summed E-state index contributed by atoms with van der Waals surface area (Å²) in [7, 11) is -1.79. The summed E-state index contributed by atoms with van der Waals surface area (Å²) in [5.74, 6) is 0.986. The molecule has 0 bridgehead atoms. The van der Waals surface area contributed by atoms with Crippen molar-refractivity contribution in [1.82, 2.24) is 0 Å². The summed E-state index contributed by atoms with van der Waals surface area (Å²) < 4.78 is 12.6. The lowest BCUT2D eigenvalue weighted by Gasteiger charge is -2.49. The van der Waals surface area contributed by atoms with E-state index < -0.39 is 19.9 Å². The molecule has 1 unspecified atom stereocenters. The number of carbonyl (C=O) groups excluding carboxylic acids is 1. The van der Waals surface area contributed by atoms with Gasteiger partial charge in [0.2, 0.25) is 0 Å². The van der Waals surface area contributed by atoms with Crippen LogP contribution in [0.15, 0.2) is 0 Å². The number of hydrogen-bond acceptors (Lipinski definition) is 4. The Morgan fingerprint density at radius 2 is 1.77 bits per heavy atom. The second-order valence-corrected chi connectivity index (χ2v) is 16.7. The van der Waals surface area contributed by atoms with Crippen molar-refractivity contribution >= 4 is 14.3 Å². The minimum Gasteiger partial charge on any atom is -0.463 e. The van der Waals surface area contributed by atoms with Gasteiger partial charge in [0.1, 0.15) is 0 Å². The lowest BCUT2D eigenvalue weighted by atomic mass is 9.62. The molecule has 0 amide bonds. The van der Waals surface area contributed by atoms with Crippen LogP contribution in [0, 0.1) is 23.2 Å². The van der Waals surface area contributed by atoms with Crippen molar-refractivity contribution in [2.45, 2.75) is 123 Å². The van der Waals surface area contributed by atoms with Crippen molar-refractivity contribution in [3.63, 3.8) is 0 Å². The summed E-state index contributed by atoms with van der Waals surface area (Å²) in [6.45, 7) is 20.5. The van der Waals surface area contributed by atoms with Crippen LogP contribution in [0.25, 0.3) is 0 Å². The third-order valence-electron chi connectivity index (χ3n) is 9.10. The monoisotopic (exact) mass is 440 g/mol. The quantitative estimate of drug-likeness (QED) is 0.354. The first kappa shape index (κ1) is 25.9. The van der Waals surface area contributed by atoms with E-state index in [1.807, 2.05) is 13.8 Å². The van der Waals surface area contributed by atoms with E-state index in [1.165, 1.54) is 32.1 Å². The van der Waals surface area contributed by atoms with Gasteiger partial charge in [-0.1, -0.05) is 54.9 Å². The lowest BCUT2D eigenvalue weighted by molar-refractivity contribution is -0.168. The van der Waals surface area contributed by atoms with Crippen molar-refractivity contribution in [3.8, 4) is 0 Å². The maximum absolute atomic E-state index is 12.4. The zero-order valence-electron chi connectivity index (χ0n) is 21.1. The van der Waals surface area contributed by atoms with Crippen LogP contribution in [0.2, 0.25) is 18.1 Å². The lowest BCUT2D eigenvalue weighted by Crippen LogP contribution is -2.50. The third kappa shape index (κ3) is 4.99. The molecule has 176 valence electrons. The van der Waals surface area contributed by atoms with Gasteiger partial charge in [-0.05, 0) is 79.8 Å². The molecule has 0 spiro atoms. The summed E-state index contributed by atoms with van der Waals surface area (Å²) in [6, 6.07) is 0.